The van der Waals surface area contributed by atoms with Crippen molar-refractivity contribution in [1.82, 2.24) is 15.2 Å². The van der Waals surface area contributed by atoms with Crippen molar-refractivity contribution in [1.29, 1.82) is 0 Å². The van der Waals surface area contributed by atoms with E-state index in [2.05, 4.69) is 31.6 Å². The van der Waals surface area contributed by atoms with Gasteiger partial charge in [-0.2, -0.15) is 10.2 Å². The Hall–Kier alpha value is -2.84. The number of hydrogen-bond donors (Lipinski definition) is 1. The maximum Gasteiger partial charge on any atom is 0.261 e. The van der Waals surface area contributed by atoms with Crippen LogP contribution in [-0.4, -0.2) is 29.0 Å². The van der Waals surface area contributed by atoms with Crippen LogP contribution in [0.1, 0.15) is 22.5 Å². The summed E-state index contributed by atoms with van der Waals surface area (Å²) in [5, 5.41) is 9.01. The van der Waals surface area contributed by atoms with Crippen LogP contribution in [0.25, 0.3) is 0 Å². The number of halogens is 2. The van der Waals surface area contributed by atoms with Crippen LogP contribution in [0.3, 0.4) is 0 Å². The first-order chi connectivity index (χ1) is 14.9. The molecule has 0 fully saturated rings. The summed E-state index contributed by atoms with van der Waals surface area (Å²) < 4.78 is 13.8. The molecule has 1 aromatic heterocycles. The van der Waals surface area contributed by atoms with Crippen molar-refractivity contribution < 1.29 is 14.3 Å². The normalized spacial score (nSPS) is 11.0. The van der Waals surface area contributed by atoms with Crippen molar-refractivity contribution in [3.63, 3.8) is 0 Å². The molecule has 3 rings (SSSR count). The van der Waals surface area contributed by atoms with Crippen molar-refractivity contribution >= 4 is 39.7 Å². The summed E-state index contributed by atoms with van der Waals surface area (Å²) in [7, 11) is 1.57. The van der Waals surface area contributed by atoms with Gasteiger partial charge in [0.05, 0.1) is 29.2 Å². The predicted molar refractivity (Wildman–Crippen MR) is 124 cm³/mol. The first kappa shape index (κ1) is 22.8. The summed E-state index contributed by atoms with van der Waals surface area (Å²) in [6, 6.07) is 12.9. The third-order valence-corrected chi connectivity index (χ3v) is 5.88. The van der Waals surface area contributed by atoms with E-state index < -0.39 is 0 Å². The monoisotopic (exact) mass is 504 g/mol. The number of nitrogens with zero attached hydrogens (tertiary/aromatic N) is 3. The smallest absolute Gasteiger partial charge is 0.261 e. The van der Waals surface area contributed by atoms with Crippen LogP contribution >= 0.6 is 27.5 Å². The second kappa shape index (κ2) is 10.5. The number of aromatic nitrogens is 2. The van der Waals surface area contributed by atoms with Gasteiger partial charge < -0.3 is 9.47 Å². The number of carbonyl (C=O) groups is 1. The quantitative estimate of drug-likeness (QED) is 0.357. The van der Waals surface area contributed by atoms with Crippen LogP contribution in [0, 0.1) is 13.8 Å². The molecule has 0 saturated carbocycles. The Labute approximate surface area is 194 Å². The molecular weight excluding hydrogens is 484 g/mol. The molecular formula is C22H22BrClN4O3. The van der Waals surface area contributed by atoms with Gasteiger partial charge in [0.15, 0.2) is 11.5 Å². The molecule has 7 nitrogen and oxygen atoms in total. The van der Waals surface area contributed by atoms with Crippen molar-refractivity contribution in [2.45, 2.75) is 27.0 Å². The van der Waals surface area contributed by atoms with E-state index in [1.165, 1.54) is 0 Å². The molecule has 0 saturated heterocycles. The first-order valence-corrected chi connectivity index (χ1v) is 10.6. The molecule has 0 aliphatic carbocycles. The number of rotatable bonds is 8. The number of ether oxygens (including phenoxy) is 2. The summed E-state index contributed by atoms with van der Waals surface area (Å²) in [6.07, 6.45) is 1.54. The number of benzene rings is 2. The molecule has 31 heavy (non-hydrogen) atoms. The minimum atomic E-state index is -0.274. The first-order valence-electron chi connectivity index (χ1n) is 9.44. The molecule has 0 aliphatic rings. The molecule has 0 radical (unpaired) electrons. The summed E-state index contributed by atoms with van der Waals surface area (Å²) in [4.78, 5) is 12.1. The van der Waals surface area contributed by atoms with Gasteiger partial charge in [-0.15, -0.1) is 0 Å². The van der Waals surface area contributed by atoms with E-state index in [9.17, 15) is 4.79 Å². The molecule has 0 unspecified atom stereocenters. The van der Waals surface area contributed by atoms with E-state index in [0.29, 0.717) is 23.1 Å². The number of hydrazone groups is 1. The Morgan fingerprint density at radius 2 is 1.97 bits per heavy atom. The number of amides is 1. The molecule has 0 atom stereocenters. The van der Waals surface area contributed by atoms with E-state index in [-0.39, 0.29) is 12.5 Å². The zero-order valence-corrected chi connectivity index (χ0v) is 19.7. The summed E-state index contributed by atoms with van der Waals surface area (Å²) in [5.41, 5.74) is 5.98. The molecule has 3 aromatic rings. The third-order valence-electron chi connectivity index (χ3n) is 4.48. The molecule has 0 aliphatic heterocycles. The highest BCUT2D eigenvalue weighted by Gasteiger charge is 2.11. The Balaban J connectivity index is 1.58. The van der Waals surface area contributed by atoms with E-state index in [0.717, 1.165) is 27.0 Å². The Kier molecular flexibility index (Phi) is 7.70. The van der Waals surface area contributed by atoms with Crippen molar-refractivity contribution in [3.8, 4) is 11.5 Å². The van der Waals surface area contributed by atoms with E-state index >= 15 is 0 Å². The molecule has 162 valence electrons. The lowest BCUT2D eigenvalue weighted by molar-refractivity contribution is -0.121. The van der Waals surface area contributed by atoms with Crippen molar-refractivity contribution in [2.75, 3.05) is 7.11 Å². The third kappa shape index (κ3) is 6.08. The lowest BCUT2D eigenvalue weighted by Gasteiger charge is -2.11. The van der Waals surface area contributed by atoms with Crippen LogP contribution in [0.15, 0.2) is 52.0 Å². The molecule has 1 N–H and O–H groups in total. The predicted octanol–water partition coefficient (Wildman–Crippen LogP) is 4.65. The molecule has 0 bridgehead atoms. The number of aryl methyl sites for hydroxylation is 1. The van der Waals surface area contributed by atoms with Crippen molar-refractivity contribution in [2.24, 2.45) is 5.10 Å². The Morgan fingerprint density at radius 1 is 1.23 bits per heavy atom. The van der Waals surface area contributed by atoms with E-state index in [1.807, 2.05) is 44.2 Å². The van der Waals surface area contributed by atoms with Gasteiger partial charge in [0.2, 0.25) is 0 Å². The van der Waals surface area contributed by atoms with Gasteiger partial charge in [-0.25, -0.2) is 5.43 Å². The molecule has 1 amide bonds. The van der Waals surface area contributed by atoms with Crippen LogP contribution in [0.4, 0.5) is 0 Å². The lowest BCUT2D eigenvalue weighted by Crippen LogP contribution is -2.24. The SMILES string of the molecule is COc1cc(/C=N/NC(=O)Cn2nc(C)c(Br)c2C)ccc1OCc1ccc(Cl)cc1. The number of nitrogens with one attached hydrogen (secondary N) is 1. The van der Waals surface area contributed by atoms with Gasteiger partial charge in [-0.1, -0.05) is 23.7 Å². The minimum absolute atomic E-state index is 0.0798. The van der Waals surface area contributed by atoms with Gasteiger partial charge >= 0.3 is 0 Å². The second-order valence-electron chi connectivity index (χ2n) is 6.76. The fraction of sp³-hybridized carbons (Fsp3) is 0.227. The second-order valence-corrected chi connectivity index (χ2v) is 7.99. The average molecular weight is 506 g/mol. The van der Waals surface area contributed by atoms with Crippen LogP contribution in [0.2, 0.25) is 5.02 Å². The van der Waals surface area contributed by atoms with Crippen LogP contribution in [0.5, 0.6) is 11.5 Å². The Bertz CT molecular complexity index is 1100. The fourth-order valence-corrected chi connectivity index (χ4v) is 3.21. The fourth-order valence-electron chi connectivity index (χ4n) is 2.80. The largest absolute Gasteiger partial charge is 0.493 e. The van der Waals surface area contributed by atoms with Gasteiger partial charge in [-0.05, 0) is 71.2 Å². The molecule has 1 heterocycles. The van der Waals surface area contributed by atoms with E-state index in [4.69, 9.17) is 21.1 Å². The topological polar surface area (TPSA) is 77.7 Å². The van der Waals surface area contributed by atoms with Gasteiger partial charge in [0.1, 0.15) is 13.2 Å². The highest BCUT2D eigenvalue weighted by Crippen LogP contribution is 2.28. The van der Waals surface area contributed by atoms with Gasteiger partial charge in [0, 0.05) is 5.02 Å². The highest BCUT2D eigenvalue weighted by atomic mass is 79.9. The van der Waals surface area contributed by atoms with Crippen LogP contribution < -0.4 is 14.9 Å². The highest BCUT2D eigenvalue weighted by molar-refractivity contribution is 9.10. The minimum Gasteiger partial charge on any atom is -0.493 e. The van der Waals surface area contributed by atoms with Crippen molar-refractivity contribution in [3.05, 3.63) is 74.5 Å². The maximum absolute atomic E-state index is 12.1. The zero-order valence-electron chi connectivity index (χ0n) is 17.4. The average Bonchev–Trinajstić information content (AvgIpc) is 3.00. The van der Waals surface area contributed by atoms with Crippen LogP contribution in [-0.2, 0) is 17.9 Å². The number of methoxy groups -OCH3 is 1. The van der Waals surface area contributed by atoms with Gasteiger partial charge in [0.25, 0.3) is 5.91 Å². The standard InChI is InChI=1S/C22H22BrClN4O3/c1-14-22(23)15(2)28(27-14)12-21(29)26-25-11-17-6-9-19(20(10-17)30-3)31-13-16-4-7-18(24)8-5-16/h4-11H,12-13H2,1-3H3,(H,26,29)/b25-11+. The maximum atomic E-state index is 12.1. The number of carbonyl (C=O) groups excluding carboxylic acids is 1. The summed E-state index contributed by atoms with van der Waals surface area (Å²) in [6.45, 7) is 4.24. The number of hydrogen-bond acceptors (Lipinski definition) is 5. The molecule has 0 spiro atoms. The zero-order chi connectivity index (χ0) is 22.4. The van der Waals surface area contributed by atoms with Gasteiger partial charge in [-0.3, -0.25) is 9.48 Å². The molecule has 9 heteroatoms. The lowest BCUT2D eigenvalue weighted by atomic mass is 10.2. The summed E-state index contributed by atoms with van der Waals surface area (Å²) in [5.74, 6) is 0.898. The summed E-state index contributed by atoms with van der Waals surface area (Å²) >= 11 is 9.35. The molecule has 2 aromatic carbocycles. The Morgan fingerprint density at radius 3 is 2.61 bits per heavy atom. The van der Waals surface area contributed by atoms with E-state index in [1.54, 1.807) is 30.1 Å².